The number of nitro benzene ring substituents is 1. The van der Waals surface area contributed by atoms with Crippen LogP contribution in [-0.2, 0) is 11.0 Å². The zero-order chi connectivity index (χ0) is 19.0. The SMILES string of the molecule is CC(C)(C)c1cc(NC(=O)c2ccc([N+](=O)[O-])cc2)n(C(C)(C)C)n1. The minimum Gasteiger partial charge on any atom is -0.307 e. The normalized spacial score (nSPS) is 12.1. The molecule has 0 unspecified atom stereocenters. The van der Waals surface area contributed by atoms with Crippen LogP contribution in [0.3, 0.4) is 0 Å². The minimum atomic E-state index is -0.494. The van der Waals surface area contributed by atoms with Crippen molar-refractivity contribution in [2.75, 3.05) is 5.32 Å². The van der Waals surface area contributed by atoms with Crippen LogP contribution in [0.2, 0.25) is 0 Å². The molecule has 1 N–H and O–H groups in total. The largest absolute Gasteiger partial charge is 0.307 e. The van der Waals surface area contributed by atoms with Crippen LogP contribution in [0.15, 0.2) is 30.3 Å². The van der Waals surface area contributed by atoms with Crippen LogP contribution >= 0.6 is 0 Å². The Balaban J connectivity index is 2.33. The summed E-state index contributed by atoms with van der Waals surface area (Å²) >= 11 is 0. The summed E-state index contributed by atoms with van der Waals surface area (Å²) in [6.07, 6.45) is 0. The Labute approximate surface area is 147 Å². The van der Waals surface area contributed by atoms with Crippen molar-refractivity contribution in [3.8, 4) is 0 Å². The minimum absolute atomic E-state index is 0.0497. The van der Waals surface area contributed by atoms with Gasteiger partial charge in [0.15, 0.2) is 0 Å². The maximum atomic E-state index is 12.5. The van der Waals surface area contributed by atoms with Crippen molar-refractivity contribution in [3.63, 3.8) is 0 Å². The lowest BCUT2D eigenvalue weighted by atomic mass is 9.92. The monoisotopic (exact) mass is 344 g/mol. The van der Waals surface area contributed by atoms with Crippen LogP contribution < -0.4 is 5.32 Å². The van der Waals surface area contributed by atoms with Gasteiger partial charge in [-0.25, -0.2) is 4.68 Å². The summed E-state index contributed by atoms with van der Waals surface area (Å²) in [4.78, 5) is 22.7. The molecule has 7 nitrogen and oxygen atoms in total. The molecule has 0 bridgehead atoms. The highest BCUT2D eigenvalue weighted by Gasteiger charge is 2.26. The van der Waals surface area contributed by atoms with Crippen molar-refractivity contribution < 1.29 is 9.72 Å². The van der Waals surface area contributed by atoms with E-state index >= 15 is 0 Å². The van der Waals surface area contributed by atoms with Crippen molar-refractivity contribution in [3.05, 3.63) is 51.7 Å². The summed E-state index contributed by atoms with van der Waals surface area (Å²) in [5, 5.41) is 18.2. The number of nitrogens with zero attached hydrogens (tertiary/aromatic N) is 3. The molecule has 0 atom stereocenters. The molecule has 0 aliphatic heterocycles. The van der Waals surface area contributed by atoms with Gasteiger partial charge in [0.2, 0.25) is 0 Å². The molecule has 0 aliphatic carbocycles. The fraction of sp³-hybridized carbons (Fsp3) is 0.444. The lowest BCUT2D eigenvalue weighted by molar-refractivity contribution is -0.384. The zero-order valence-corrected chi connectivity index (χ0v) is 15.5. The molecule has 134 valence electrons. The summed E-state index contributed by atoms with van der Waals surface area (Å²) in [7, 11) is 0. The first-order chi connectivity index (χ1) is 11.4. The molecule has 7 heteroatoms. The van der Waals surface area contributed by atoms with Gasteiger partial charge in [0.25, 0.3) is 11.6 Å². The summed E-state index contributed by atoms with van der Waals surface area (Å²) in [6.45, 7) is 12.2. The van der Waals surface area contributed by atoms with E-state index in [1.807, 2.05) is 26.8 Å². The van der Waals surface area contributed by atoms with E-state index in [-0.39, 0.29) is 22.5 Å². The number of anilines is 1. The first-order valence-electron chi connectivity index (χ1n) is 8.06. The van der Waals surface area contributed by atoms with Gasteiger partial charge in [0.1, 0.15) is 5.82 Å². The maximum absolute atomic E-state index is 12.5. The second kappa shape index (κ2) is 6.31. The molecule has 25 heavy (non-hydrogen) atoms. The average Bonchev–Trinajstić information content (AvgIpc) is 2.91. The van der Waals surface area contributed by atoms with E-state index in [4.69, 9.17) is 0 Å². The molecule has 2 aromatic rings. The van der Waals surface area contributed by atoms with Gasteiger partial charge < -0.3 is 5.32 Å². The Morgan fingerprint density at radius 2 is 1.68 bits per heavy atom. The van der Waals surface area contributed by atoms with Crippen LogP contribution in [0.4, 0.5) is 11.5 Å². The van der Waals surface area contributed by atoms with Crippen molar-refractivity contribution in [1.29, 1.82) is 0 Å². The Hall–Kier alpha value is -2.70. The van der Waals surface area contributed by atoms with Gasteiger partial charge in [-0.2, -0.15) is 5.10 Å². The molecule has 0 spiro atoms. The molecule has 0 fully saturated rings. The van der Waals surface area contributed by atoms with Crippen LogP contribution in [0.5, 0.6) is 0 Å². The number of hydrogen-bond acceptors (Lipinski definition) is 4. The number of rotatable bonds is 3. The van der Waals surface area contributed by atoms with Gasteiger partial charge in [0, 0.05) is 29.2 Å². The number of amides is 1. The topological polar surface area (TPSA) is 90.1 Å². The van der Waals surface area contributed by atoms with Crippen molar-refractivity contribution in [1.82, 2.24) is 9.78 Å². The van der Waals surface area contributed by atoms with E-state index in [9.17, 15) is 14.9 Å². The molecule has 0 radical (unpaired) electrons. The fourth-order valence-electron chi connectivity index (χ4n) is 2.27. The summed E-state index contributed by atoms with van der Waals surface area (Å²) in [6, 6.07) is 7.38. The molecule has 0 aliphatic rings. The molecule has 0 saturated heterocycles. The van der Waals surface area contributed by atoms with Crippen LogP contribution in [-0.4, -0.2) is 20.6 Å². The Morgan fingerprint density at radius 3 is 2.12 bits per heavy atom. The van der Waals surface area contributed by atoms with E-state index in [0.29, 0.717) is 11.4 Å². The third-order valence-corrected chi connectivity index (χ3v) is 3.70. The van der Waals surface area contributed by atoms with E-state index in [0.717, 1.165) is 5.69 Å². The maximum Gasteiger partial charge on any atom is 0.269 e. The quantitative estimate of drug-likeness (QED) is 0.670. The van der Waals surface area contributed by atoms with Crippen molar-refractivity contribution in [2.24, 2.45) is 0 Å². The van der Waals surface area contributed by atoms with Crippen LogP contribution in [0.1, 0.15) is 57.6 Å². The third kappa shape index (κ3) is 4.23. The highest BCUT2D eigenvalue weighted by atomic mass is 16.6. The molecule has 1 heterocycles. The highest BCUT2D eigenvalue weighted by Crippen LogP contribution is 2.28. The average molecular weight is 344 g/mol. The Bertz CT molecular complexity index is 793. The zero-order valence-electron chi connectivity index (χ0n) is 15.5. The number of carbonyl (C=O) groups is 1. The molecule has 0 saturated carbocycles. The van der Waals surface area contributed by atoms with Gasteiger partial charge in [-0.1, -0.05) is 20.8 Å². The molecular weight excluding hydrogens is 320 g/mol. The summed E-state index contributed by atoms with van der Waals surface area (Å²) in [5.74, 6) is 0.265. The summed E-state index contributed by atoms with van der Waals surface area (Å²) in [5.41, 5.74) is 0.725. The number of hydrogen-bond donors (Lipinski definition) is 1. The molecule has 1 aromatic carbocycles. The van der Waals surface area contributed by atoms with E-state index in [1.54, 1.807) is 4.68 Å². The predicted molar refractivity (Wildman–Crippen MR) is 97.0 cm³/mol. The lowest BCUT2D eigenvalue weighted by Gasteiger charge is -2.23. The summed E-state index contributed by atoms with van der Waals surface area (Å²) < 4.78 is 1.79. The van der Waals surface area contributed by atoms with Gasteiger partial charge in [-0.15, -0.1) is 0 Å². The third-order valence-electron chi connectivity index (χ3n) is 3.70. The van der Waals surface area contributed by atoms with Gasteiger partial charge in [0.05, 0.1) is 16.2 Å². The number of nitrogens with one attached hydrogen (secondary N) is 1. The van der Waals surface area contributed by atoms with Crippen LogP contribution in [0.25, 0.3) is 0 Å². The second-order valence-electron chi connectivity index (χ2n) is 8.01. The first-order valence-corrected chi connectivity index (χ1v) is 8.06. The van der Waals surface area contributed by atoms with Crippen molar-refractivity contribution in [2.45, 2.75) is 52.5 Å². The second-order valence-corrected chi connectivity index (χ2v) is 8.01. The molecule has 1 amide bonds. The van der Waals surface area contributed by atoms with E-state index in [2.05, 4.69) is 31.2 Å². The fourth-order valence-corrected chi connectivity index (χ4v) is 2.27. The number of aromatic nitrogens is 2. The molecular formula is C18H24N4O3. The van der Waals surface area contributed by atoms with E-state index in [1.165, 1.54) is 24.3 Å². The van der Waals surface area contributed by atoms with Crippen molar-refractivity contribution >= 4 is 17.4 Å². The smallest absolute Gasteiger partial charge is 0.269 e. The predicted octanol–water partition coefficient (Wildman–Crippen LogP) is 4.10. The first kappa shape index (κ1) is 18.6. The van der Waals surface area contributed by atoms with Gasteiger partial charge in [-0.05, 0) is 32.9 Å². The van der Waals surface area contributed by atoms with Gasteiger partial charge >= 0.3 is 0 Å². The molecule has 1 aromatic heterocycles. The Morgan fingerprint density at radius 1 is 1.12 bits per heavy atom. The standard InChI is InChI=1S/C18H24N4O3/c1-17(2,3)14-11-15(21(20-14)18(4,5)6)19-16(23)12-7-9-13(10-8-12)22(24)25/h7-11H,1-6H3,(H,19,23). The van der Waals surface area contributed by atoms with Crippen LogP contribution in [0, 0.1) is 10.1 Å². The van der Waals surface area contributed by atoms with Gasteiger partial charge in [-0.3, -0.25) is 14.9 Å². The number of non-ortho nitro benzene ring substituents is 1. The number of carbonyl (C=O) groups excluding carboxylic acids is 1. The Kier molecular flexibility index (Phi) is 4.70. The van der Waals surface area contributed by atoms with E-state index < -0.39 is 4.92 Å². The number of nitro groups is 1. The number of benzene rings is 1. The lowest BCUT2D eigenvalue weighted by Crippen LogP contribution is -2.27. The highest BCUT2D eigenvalue weighted by molar-refractivity contribution is 6.04. The molecule has 2 rings (SSSR count).